The van der Waals surface area contributed by atoms with Gasteiger partial charge in [-0.25, -0.2) is 0 Å². The minimum Gasteiger partial charge on any atom is -0.398 e. The summed E-state index contributed by atoms with van der Waals surface area (Å²) in [7, 11) is 0. The number of anilines is 1. The van der Waals surface area contributed by atoms with Gasteiger partial charge in [0.25, 0.3) is 0 Å². The molecule has 0 saturated carbocycles. The standard InChI is InChI=1S/C13H23N3/c1-5-16-10(2)8-13(3,4)11-9-15-7-6-12(11)14/h6-7,9-10,16H,5,8H2,1-4H3,(H2,14,15). The summed E-state index contributed by atoms with van der Waals surface area (Å²) >= 11 is 0. The number of aromatic nitrogens is 1. The van der Waals surface area contributed by atoms with E-state index in [0.717, 1.165) is 24.2 Å². The van der Waals surface area contributed by atoms with Crippen molar-refractivity contribution in [3.8, 4) is 0 Å². The van der Waals surface area contributed by atoms with Crippen LogP contribution in [0.2, 0.25) is 0 Å². The summed E-state index contributed by atoms with van der Waals surface area (Å²) in [5.41, 5.74) is 8.03. The van der Waals surface area contributed by atoms with Crippen molar-refractivity contribution in [2.45, 2.75) is 45.6 Å². The number of pyridine rings is 1. The highest BCUT2D eigenvalue weighted by molar-refractivity contribution is 5.48. The maximum atomic E-state index is 6.00. The summed E-state index contributed by atoms with van der Waals surface area (Å²) in [4.78, 5) is 4.16. The van der Waals surface area contributed by atoms with Gasteiger partial charge in [-0.05, 0) is 36.9 Å². The molecular formula is C13H23N3. The number of rotatable bonds is 5. The van der Waals surface area contributed by atoms with Crippen LogP contribution in [-0.2, 0) is 5.41 Å². The summed E-state index contributed by atoms with van der Waals surface area (Å²) in [5, 5.41) is 3.43. The molecule has 0 saturated heterocycles. The first-order chi connectivity index (χ1) is 7.47. The third-order valence-electron chi connectivity index (χ3n) is 2.95. The summed E-state index contributed by atoms with van der Waals surface area (Å²) < 4.78 is 0. The van der Waals surface area contributed by atoms with E-state index in [1.54, 1.807) is 6.20 Å². The van der Waals surface area contributed by atoms with Crippen molar-refractivity contribution in [2.24, 2.45) is 0 Å². The molecule has 0 aliphatic heterocycles. The fourth-order valence-electron chi connectivity index (χ4n) is 2.27. The number of nitrogens with one attached hydrogen (secondary N) is 1. The Kier molecular flexibility index (Phi) is 4.30. The van der Waals surface area contributed by atoms with Gasteiger partial charge >= 0.3 is 0 Å². The van der Waals surface area contributed by atoms with Gasteiger partial charge in [-0.15, -0.1) is 0 Å². The number of hydrogen-bond donors (Lipinski definition) is 2. The van der Waals surface area contributed by atoms with Gasteiger partial charge in [-0.1, -0.05) is 20.8 Å². The largest absolute Gasteiger partial charge is 0.398 e. The second-order valence-corrected chi connectivity index (χ2v) is 5.01. The quantitative estimate of drug-likeness (QED) is 0.802. The summed E-state index contributed by atoms with van der Waals surface area (Å²) in [6.45, 7) is 9.77. The predicted octanol–water partition coefficient (Wildman–Crippen LogP) is 2.33. The Morgan fingerprint density at radius 3 is 2.75 bits per heavy atom. The average molecular weight is 221 g/mol. The van der Waals surface area contributed by atoms with Crippen molar-refractivity contribution in [1.29, 1.82) is 0 Å². The Hall–Kier alpha value is -1.09. The third kappa shape index (κ3) is 3.20. The lowest BCUT2D eigenvalue weighted by atomic mass is 9.79. The maximum absolute atomic E-state index is 6.00. The monoisotopic (exact) mass is 221 g/mol. The topological polar surface area (TPSA) is 50.9 Å². The molecule has 3 N–H and O–H groups in total. The Bertz CT molecular complexity index is 334. The van der Waals surface area contributed by atoms with E-state index in [1.165, 1.54) is 0 Å². The molecule has 1 aromatic rings. The van der Waals surface area contributed by atoms with Crippen molar-refractivity contribution in [3.05, 3.63) is 24.0 Å². The third-order valence-corrected chi connectivity index (χ3v) is 2.95. The first-order valence-electron chi connectivity index (χ1n) is 5.90. The van der Waals surface area contributed by atoms with E-state index in [9.17, 15) is 0 Å². The summed E-state index contributed by atoms with van der Waals surface area (Å²) in [5.74, 6) is 0. The lowest BCUT2D eigenvalue weighted by molar-refractivity contribution is 0.394. The first kappa shape index (κ1) is 13.0. The van der Waals surface area contributed by atoms with Gasteiger partial charge in [0.15, 0.2) is 0 Å². The van der Waals surface area contributed by atoms with Gasteiger partial charge in [0, 0.05) is 24.1 Å². The van der Waals surface area contributed by atoms with Crippen LogP contribution >= 0.6 is 0 Å². The molecule has 0 bridgehead atoms. The highest BCUT2D eigenvalue weighted by Crippen LogP contribution is 2.31. The Morgan fingerprint density at radius 2 is 2.19 bits per heavy atom. The minimum atomic E-state index is 0.0555. The average Bonchev–Trinajstić information content (AvgIpc) is 2.17. The van der Waals surface area contributed by atoms with Crippen molar-refractivity contribution in [2.75, 3.05) is 12.3 Å². The van der Waals surface area contributed by atoms with Gasteiger partial charge in [0.1, 0.15) is 0 Å². The van der Waals surface area contributed by atoms with Crippen LogP contribution in [0.3, 0.4) is 0 Å². The van der Waals surface area contributed by atoms with Gasteiger partial charge < -0.3 is 11.1 Å². The lowest BCUT2D eigenvalue weighted by Crippen LogP contribution is -2.33. The zero-order valence-corrected chi connectivity index (χ0v) is 10.7. The molecule has 90 valence electrons. The number of nitrogen functional groups attached to an aromatic ring is 1. The van der Waals surface area contributed by atoms with E-state index in [-0.39, 0.29) is 5.41 Å². The van der Waals surface area contributed by atoms with Crippen LogP contribution in [0.1, 0.15) is 39.7 Å². The summed E-state index contributed by atoms with van der Waals surface area (Å²) in [6.07, 6.45) is 4.67. The minimum absolute atomic E-state index is 0.0555. The molecule has 1 heterocycles. The van der Waals surface area contributed by atoms with Crippen molar-refractivity contribution in [3.63, 3.8) is 0 Å². The van der Waals surface area contributed by atoms with Crippen LogP contribution in [-0.4, -0.2) is 17.6 Å². The van der Waals surface area contributed by atoms with E-state index in [0.29, 0.717) is 6.04 Å². The second kappa shape index (κ2) is 5.30. The lowest BCUT2D eigenvalue weighted by Gasteiger charge is -2.29. The van der Waals surface area contributed by atoms with Crippen LogP contribution in [0.5, 0.6) is 0 Å². The van der Waals surface area contributed by atoms with Crippen LogP contribution in [0, 0.1) is 0 Å². The van der Waals surface area contributed by atoms with Gasteiger partial charge in [0.05, 0.1) is 0 Å². The first-order valence-corrected chi connectivity index (χ1v) is 5.90. The normalized spacial score (nSPS) is 13.8. The zero-order chi connectivity index (χ0) is 12.2. The van der Waals surface area contributed by atoms with Crippen LogP contribution in [0.25, 0.3) is 0 Å². The molecule has 1 aromatic heterocycles. The molecule has 0 spiro atoms. The maximum Gasteiger partial charge on any atom is 0.0383 e. The molecular weight excluding hydrogens is 198 g/mol. The highest BCUT2D eigenvalue weighted by Gasteiger charge is 2.25. The van der Waals surface area contributed by atoms with Crippen molar-refractivity contribution >= 4 is 5.69 Å². The molecule has 0 aliphatic carbocycles. The predicted molar refractivity (Wildman–Crippen MR) is 69.4 cm³/mol. The van der Waals surface area contributed by atoms with E-state index in [2.05, 4.69) is 38.0 Å². The smallest absolute Gasteiger partial charge is 0.0383 e. The van der Waals surface area contributed by atoms with Crippen LogP contribution in [0.4, 0.5) is 5.69 Å². The van der Waals surface area contributed by atoms with Gasteiger partial charge in [-0.3, -0.25) is 4.98 Å². The molecule has 0 radical (unpaired) electrons. The second-order valence-electron chi connectivity index (χ2n) is 5.01. The van der Waals surface area contributed by atoms with E-state index in [1.807, 2.05) is 12.3 Å². The molecule has 1 atom stereocenters. The fourth-order valence-corrected chi connectivity index (χ4v) is 2.27. The van der Waals surface area contributed by atoms with Gasteiger partial charge in [-0.2, -0.15) is 0 Å². The van der Waals surface area contributed by atoms with E-state index in [4.69, 9.17) is 5.73 Å². The number of nitrogens with zero attached hydrogens (tertiary/aromatic N) is 1. The zero-order valence-electron chi connectivity index (χ0n) is 10.7. The van der Waals surface area contributed by atoms with Crippen molar-refractivity contribution < 1.29 is 0 Å². The van der Waals surface area contributed by atoms with Gasteiger partial charge in [0.2, 0.25) is 0 Å². The van der Waals surface area contributed by atoms with Crippen molar-refractivity contribution in [1.82, 2.24) is 10.3 Å². The molecule has 0 amide bonds. The van der Waals surface area contributed by atoms with E-state index >= 15 is 0 Å². The summed E-state index contributed by atoms with van der Waals surface area (Å²) in [6, 6.07) is 2.36. The highest BCUT2D eigenvalue weighted by atomic mass is 14.9. The number of hydrogen-bond acceptors (Lipinski definition) is 3. The molecule has 3 nitrogen and oxygen atoms in total. The molecule has 0 fully saturated rings. The molecule has 0 aromatic carbocycles. The Morgan fingerprint density at radius 1 is 1.50 bits per heavy atom. The van der Waals surface area contributed by atoms with E-state index < -0.39 is 0 Å². The van der Waals surface area contributed by atoms with Crippen LogP contribution < -0.4 is 11.1 Å². The Balaban J connectivity index is 2.81. The van der Waals surface area contributed by atoms with Crippen LogP contribution in [0.15, 0.2) is 18.5 Å². The molecule has 3 heteroatoms. The molecule has 1 rings (SSSR count). The molecule has 0 aliphatic rings. The fraction of sp³-hybridized carbons (Fsp3) is 0.615. The SMILES string of the molecule is CCNC(C)CC(C)(C)c1cnccc1N. The number of nitrogens with two attached hydrogens (primary N) is 1. The molecule has 16 heavy (non-hydrogen) atoms. The molecule has 1 unspecified atom stereocenters. The Labute approximate surface area is 98.5 Å².